The molecule has 0 aliphatic carbocycles. The highest BCUT2D eigenvalue weighted by Crippen LogP contribution is 2.31. The Balaban J connectivity index is 3.23. The van der Waals surface area contributed by atoms with Crippen molar-refractivity contribution in [3.8, 4) is 12.1 Å². The molecule has 1 aromatic rings. The number of non-ortho nitro benzene ring substituents is 1. The molecule has 0 fully saturated rings. The minimum absolute atomic E-state index is 0.272. The first kappa shape index (κ1) is 13.7. The lowest BCUT2D eigenvalue weighted by Gasteiger charge is -1.96. The van der Waals surface area contributed by atoms with Crippen molar-refractivity contribution in [3.63, 3.8) is 0 Å². The van der Waals surface area contributed by atoms with Crippen molar-refractivity contribution in [2.24, 2.45) is 10.2 Å². The summed E-state index contributed by atoms with van der Waals surface area (Å²) in [5.41, 5.74) is -1.37. The number of rotatable bonds is 4. The highest BCUT2D eigenvalue weighted by Gasteiger charge is 2.19. The van der Waals surface area contributed by atoms with Gasteiger partial charge in [-0.15, -0.1) is 5.11 Å². The molecule has 0 heterocycles. The van der Waals surface area contributed by atoms with Gasteiger partial charge in [0.2, 0.25) is 6.04 Å². The van der Waals surface area contributed by atoms with Gasteiger partial charge in [0.25, 0.3) is 5.69 Å². The molecule has 0 saturated carbocycles. The van der Waals surface area contributed by atoms with Crippen molar-refractivity contribution in [1.29, 1.82) is 10.5 Å². The van der Waals surface area contributed by atoms with Crippen molar-refractivity contribution < 1.29 is 9.85 Å². The van der Waals surface area contributed by atoms with Gasteiger partial charge in [-0.1, -0.05) is 0 Å². The first-order chi connectivity index (χ1) is 8.99. The third-order valence-electron chi connectivity index (χ3n) is 1.89. The topological polar surface area (TPSA) is 159 Å². The Labute approximate surface area is 105 Å². The summed E-state index contributed by atoms with van der Waals surface area (Å²) < 4.78 is 0. The first-order valence-corrected chi connectivity index (χ1v) is 4.62. The first-order valence-electron chi connectivity index (χ1n) is 4.62. The Kier molecular flexibility index (Phi) is 4.16. The van der Waals surface area contributed by atoms with Gasteiger partial charge in [-0.3, -0.25) is 20.2 Å². The number of nitro groups is 2. The molecule has 1 rings (SSSR count). The van der Waals surface area contributed by atoms with Crippen LogP contribution in [-0.2, 0) is 0 Å². The van der Waals surface area contributed by atoms with Gasteiger partial charge in [-0.05, 0) is 6.07 Å². The fourth-order valence-electron chi connectivity index (χ4n) is 1.06. The average Bonchev–Trinajstić information content (AvgIpc) is 2.39. The van der Waals surface area contributed by atoms with Crippen LogP contribution in [0.25, 0.3) is 0 Å². The van der Waals surface area contributed by atoms with Crippen LogP contribution in [0.4, 0.5) is 17.1 Å². The monoisotopic (exact) mass is 260 g/mol. The van der Waals surface area contributed by atoms with Crippen LogP contribution in [0.1, 0.15) is 0 Å². The van der Waals surface area contributed by atoms with E-state index in [-0.39, 0.29) is 5.69 Å². The van der Waals surface area contributed by atoms with E-state index >= 15 is 0 Å². The molecule has 19 heavy (non-hydrogen) atoms. The molecule has 0 radical (unpaired) electrons. The lowest BCUT2D eigenvalue weighted by molar-refractivity contribution is -0.393. The summed E-state index contributed by atoms with van der Waals surface area (Å²) in [6.45, 7) is 0. The molecule has 0 amide bonds. The quantitative estimate of drug-likeness (QED) is 0.457. The van der Waals surface area contributed by atoms with Crippen LogP contribution in [0.15, 0.2) is 28.4 Å². The van der Waals surface area contributed by atoms with Gasteiger partial charge in [0.05, 0.1) is 15.9 Å². The van der Waals surface area contributed by atoms with Crippen LogP contribution in [0.3, 0.4) is 0 Å². The molecule has 0 aromatic heterocycles. The summed E-state index contributed by atoms with van der Waals surface area (Å²) in [6, 6.07) is 4.36. The van der Waals surface area contributed by atoms with Gasteiger partial charge >= 0.3 is 5.69 Å². The summed E-state index contributed by atoms with van der Waals surface area (Å²) in [7, 11) is 0. The number of benzene rings is 1. The normalized spacial score (nSPS) is 10.1. The third kappa shape index (κ3) is 3.28. The van der Waals surface area contributed by atoms with Crippen molar-refractivity contribution in [3.05, 3.63) is 38.4 Å². The molecular weight excluding hydrogens is 256 g/mol. The molecule has 0 bridgehead atoms. The lowest BCUT2D eigenvalue weighted by Crippen LogP contribution is -1.94. The van der Waals surface area contributed by atoms with Crippen molar-refractivity contribution in [2.45, 2.75) is 6.04 Å². The number of hydrogen-bond donors (Lipinski definition) is 0. The molecule has 10 heteroatoms. The molecule has 0 unspecified atom stereocenters. The minimum atomic E-state index is -1.39. The van der Waals surface area contributed by atoms with Crippen molar-refractivity contribution in [2.75, 3.05) is 0 Å². The van der Waals surface area contributed by atoms with E-state index in [1.165, 1.54) is 12.1 Å². The number of azo groups is 1. The maximum Gasteiger partial charge on any atom is 0.303 e. The molecule has 1 aromatic carbocycles. The second-order valence-electron chi connectivity index (χ2n) is 3.06. The Morgan fingerprint density at radius 3 is 2.26 bits per heavy atom. The molecule has 10 nitrogen and oxygen atoms in total. The van der Waals surface area contributed by atoms with Gasteiger partial charge in [-0.25, -0.2) is 0 Å². The van der Waals surface area contributed by atoms with E-state index in [9.17, 15) is 20.2 Å². The van der Waals surface area contributed by atoms with Crippen LogP contribution < -0.4 is 0 Å². The second kappa shape index (κ2) is 5.79. The average molecular weight is 260 g/mol. The highest BCUT2D eigenvalue weighted by molar-refractivity contribution is 5.61. The Morgan fingerprint density at radius 1 is 1.16 bits per heavy atom. The van der Waals surface area contributed by atoms with Gasteiger partial charge < -0.3 is 0 Å². The van der Waals surface area contributed by atoms with Crippen LogP contribution >= 0.6 is 0 Å². The predicted molar refractivity (Wildman–Crippen MR) is 59.3 cm³/mol. The molecule has 0 atom stereocenters. The largest absolute Gasteiger partial charge is 0.303 e. The lowest BCUT2D eigenvalue weighted by atomic mass is 10.2. The number of nitrogens with zero attached hydrogens (tertiary/aromatic N) is 6. The third-order valence-corrected chi connectivity index (χ3v) is 1.89. The fraction of sp³-hybridized carbons (Fsp3) is 0.111. The number of nitriles is 2. The number of nitro benzene ring substituents is 2. The second-order valence-corrected chi connectivity index (χ2v) is 3.06. The zero-order valence-electron chi connectivity index (χ0n) is 9.13. The van der Waals surface area contributed by atoms with E-state index in [1.807, 2.05) is 0 Å². The van der Waals surface area contributed by atoms with Crippen LogP contribution in [0.5, 0.6) is 0 Å². The maximum atomic E-state index is 10.7. The van der Waals surface area contributed by atoms with Gasteiger partial charge in [0, 0.05) is 6.07 Å². The Hall–Kier alpha value is -3.40. The summed E-state index contributed by atoms with van der Waals surface area (Å²) in [4.78, 5) is 19.6. The van der Waals surface area contributed by atoms with E-state index in [0.717, 1.165) is 18.2 Å². The van der Waals surface area contributed by atoms with Gasteiger partial charge in [0.1, 0.15) is 12.1 Å². The Bertz CT molecular complexity index is 627. The maximum absolute atomic E-state index is 10.7. The zero-order valence-corrected chi connectivity index (χ0v) is 9.13. The van der Waals surface area contributed by atoms with Crippen LogP contribution in [-0.4, -0.2) is 15.9 Å². The summed E-state index contributed by atoms with van der Waals surface area (Å²) >= 11 is 0. The Morgan fingerprint density at radius 2 is 1.79 bits per heavy atom. The summed E-state index contributed by atoms with van der Waals surface area (Å²) in [5.74, 6) is 0. The van der Waals surface area contributed by atoms with E-state index in [4.69, 9.17) is 10.5 Å². The molecule has 0 N–H and O–H groups in total. The summed E-state index contributed by atoms with van der Waals surface area (Å²) in [5, 5.41) is 44.8. The smallest absolute Gasteiger partial charge is 0.258 e. The zero-order chi connectivity index (χ0) is 14.4. The molecule has 0 aliphatic heterocycles. The van der Waals surface area contributed by atoms with Crippen molar-refractivity contribution >= 4 is 17.1 Å². The molecule has 0 spiro atoms. The predicted octanol–water partition coefficient (Wildman–Crippen LogP) is 2.00. The van der Waals surface area contributed by atoms with Gasteiger partial charge in [0.15, 0.2) is 5.69 Å². The minimum Gasteiger partial charge on any atom is -0.258 e. The standard InChI is InChI=1S/C9H4N6O4/c10-4-6(5-11)12-13-8-2-1-7(14(16)17)3-9(8)15(18)19/h1-3,6H. The highest BCUT2D eigenvalue weighted by atomic mass is 16.6. The summed E-state index contributed by atoms with van der Waals surface area (Å²) in [6.07, 6.45) is 0. The van der Waals surface area contributed by atoms with Crippen LogP contribution in [0, 0.1) is 42.9 Å². The molecule has 0 aliphatic rings. The van der Waals surface area contributed by atoms with Gasteiger partial charge in [-0.2, -0.15) is 15.6 Å². The van der Waals surface area contributed by atoms with E-state index in [0.29, 0.717) is 0 Å². The van der Waals surface area contributed by atoms with E-state index < -0.39 is 27.3 Å². The molecule has 0 saturated heterocycles. The fourth-order valence-corrected chi connectivity index (χ4v) is 1.06. The van der Waals surface area contributed by atoms with E-state index in [1.54, 1.807) is 0 Å². The van der Waals surface area contributed by atoms with Crippen LogP contribution in [0.2, 0.25) is 0 Å². The number of hydrogen-bond acceptors (Lipinski definition) is 8. The molecular formula is C9H4N6O4. The molecule has 94 valence electrons. The SMILES string of the molecule is N#CC(C#N)N=Nc1ccc([N+](=O)[O-])cc1[N+](=O)[O-]. The van der Waals surface area contributed by atoms with E-state index in [2.05, 4.69) is 10.2 Å². The van der Waals surface area contributed by atoms with Crippen molar-refractivity contribution in [1.82, 2.24) is 0 Å².